The summed E-state index contributed by atoms with van der Waals surface area (Å²) < 4.78 is 36.0. The molecule has 0 bridgehead atoms. The number of aryl methyl sites for hydroxylation is 1. The first kappa shape index (κ1) is 50.4. The Balaban J connectivity index is 0.908. The summed E-state index contributed by atoms with van der Waals surface area (Å²) in [4.78, 5) is 107. The summed E-state index contributed by atoms with van der Waals surface area (Å²) in [5.74, 6) is -4.21. The van der Waals surface area contributed by atoms with Crippen molar-refractivity contribution >= 4 is 69.6 Å². The van der Waals surface area contributed by atoms with Gasteiger partial charge >= 0.3 is 13.3 Å². The van der Waals surface area contributed by atoms with Crippen molar-refractivity contribution in [1.29, 1.82) is 0 Å². The Hall–Kier alpha value is -5.56. The topological polar surface area (TPSA) is 213 Å². The molecule has 5 amide bonds. The molecule has 20 heteroatoms. The molecule has 5 aromatic rings. The summed E-state index contributed by atoms with van der Waals surface area (Å²) in [7, 11) is -3.37. The molecule has 4 fully saturated rings. The van der Waals surface area contributed by atoms with Gasteiger partial charge in [-0.2, -0.15) is 0 Å². The molecule has 4 saturated heterocycles. The van der Waals surface area contributed by atoms with Gasteiger partial charge < -0.3 is 29.6 Å². The number of morpholine rings is 1. The number of nitrogens with one attached hydrogen (secondary N) is 2. The molecular weight excluding hydrogens is 953 g/mol. The number of rotatable bonds is 12. The van der Waals surface area contributed by atoms with Gasteiger partial charge in [0.1, 0.15) is 24.2 Å². The van der Waals surface area contributed by atoms with Crippen molar-refractivity contribution in [2.24, 2.45) is 24.3 Å². The van der Waals surface area contributed by atoms with Crippen LogP contribution in [-0.2, 0) is 42.1 Å². The molecule has 0 spiro atoms. The first-order valence-electron chi connectivity index (χ1n) is 24.3. The van der Waals surface area contributed by atoms with Crippen molar-refractivity contribution < 1.29 is 47.5 Å². The van der Waals surface area contributed by atoms with Crippen molar-refractivity contribution in [3.63, 3.8) is 0 Å². The van der Waals surface area contributed by atoms with Gasteiger partial charge in [0.25, 0.3) is 5.91 Å². The van der Waals surface area contributed by atoms with Crippen LogP contribution in [0, 0.1) is 17.3 Å². The van der Waals surface area contributed by atoms with Gasteiger partial charge in [-0.15, -0.1) is 11.3 Å². The number of benzene rings is 3. The number of hydrogen-bond acceptors (Lipinski definition) is 10. The summed E-state index contributed by atoms with van der Waals surface area (Å²) in [6, 6.07) is 18.7. The smallest absolute Gasteiger partial charge is 0.363 e. The molecule has 3 unspecified atom stereocenters. The van der Waals surface area contributed by atoms with E-state index in [-0.39, 0.29) is 64.6 Å². The SMILES string of the molecule is Cn1c(=O)n(C2CCC(=O)NC2=O)c2ccc(CN3CCC(CC4CCN(C(=O)[C@@H](NC(=O)c5cc6cc(C(F)P(=O)(O)O)ccc6s5)C(C)(C)C)[C@@H]4C(=O)N4CCO[C@H](c5ccccc5)C4)CC3)cc21. The monoisotopic (exact) mass is 1010 g/mol. The van der Waals surface area contributed by atoms with Gasteiger partial charge in [0.2, 0.25) is 29.5 Å². The van der Waals surface area contributed by atoms with E-state index in [0.29, 0.717) is 60.3 Å². The summed E-state index contributed by atoms with van der Waals surface area (Å²) in [5, 5.41) is 5.77. The van der Waals surface area contributed by atoms with Crippen LogP contribution in [0.25, 0.3) is 21.1 Å². The van der Waals surface area contributed by atoms with Crippen LogP contribution in [0.5, 0.6) is 0 Å². The molecule has 0 saturated carbocycles. The Morgan fingerprint density at radius 3 is 2.38 bits per heavy atom. The highest BCUT2D eigenvalue weighted by Gasteiger charge is 2.48. The zero-order valence-corrected chi connectivity index (χ0v) is 42.0. The second-order valence-electron chi connectivity index (χ2n) is 20.6. The largest absolute Gasteiger partial charge is 0.370 e. The average molecular weight is 1010 g/mol. The Bertz CT molecular complexity index is 2980. The van der Waals surface area contributed by atoms with Crippen molar-refractivity contribution in [2.75, 3.05) is 39.3 Å². The first-order chi connectivity index (χ1) is 33.7. The minimum Gasteiger partial charge on any atom is -0.370 e. The molecule has 6 atom stereocenters. The molecule has 0 aliphatic carbocycles. The van der Waals surface area contributed by atoms with Gasteiger partial charge in [-0.05, 0) is 115 Å². The van der Waals surface area contributed by atoms with Gasteiger partial charge in [-0.1, -0.05) is 63.2 Å². The molecule has 9 rings (SSSR count). The number of nitrogens with zero attached hydrogens (tertiary/aromatic N) is 5. The molecule has 3 aromatic carbocycles. The minimum atomic E-state index is -5.05. The van der Waals surface area contributed by atoms with Crippen LogP contribution in [0.3, 0.4) is 0 Å². The number of carbonyl (C=O) groups is 5. The maximum Gasteiger partial charge on any atom is 0.363 e. The highest BCUT2D eigenvalue weighted by atomic mass is 32.1. The summed E-state index contributed by atoms with van der Waals surface area (Å²) in [6.07, 6.45) is 3.21. The molecule has 4 aliphatic heterocycles. The maximum absolute atomic E-state index is 15.1. The minimum absolute atomic E-state index is 0.139. The third kappa shape index (κ3) is 10.5. The number of imide groups is 1. The number of hydrogen-bond donors (Lipinski definition) is 4. The highest BCUT2D eigenvalue weighted by Crippen LogP contribution is 2.53. The average Bonchev–Trinajstić information content (AvgIpc) is 4.04. The standard InChI is InChI=1S/C51H61FN7O10PS/c1-51(2,3)44(54-47(62)41-27-35-26-34(11-14-40(35)71-41)45(52)70(66,67)68)49(64)58-21-18-33(43(58)48(63)57-22-23-69-39(29-57)32-8-6-5-7-9-32)24-30-16-19-56(20-17-30)28-31-10-12-36-38(25-31)55(4)50(65)59(36)37-13-15-42(60)53-46(37)61/h5-12,14,25-27,30,33,37,39,43-45H,13,15-24,28-29H2,1-4H3,(H,54,62)(H,53,60,61)(H2,66,67,68)/t33?,37?,39-,43-,44+,45?/m0/s1. The van der Waals surface area contributed by atoms with Crippen molar-refractivity contribution in [3.8, 4) is 0 Å². The number of likely N-dealkylation sites (tertiary alicyclic amines) is 2. The number of amides is 5. The van der Waals surface area contributed by atoms with Crippen LogP contribution >= 0.6 is 18.9 Å². The number of aromatic nitrogens is 2. The van der Waals surface area contributed by atoms with Crippen molar-refractivity contribution in [3.05, 3.63) is 105 Å². The molecule has 378 valence electrons. The third-order valence-corrected chi connectivity index (χ3v) is 16.8. The van der Waals surface area contributed by atoms with Gasteiger partial charge in [0.15, 0.2) is 0 Å². The number of piperidine rings is 2. The van der Waals surface area contributed by atoms with E-state index >= 15 is 9.59 Å². The van der Waals surface area contributed by atoms with E-state index in [4.69, 9.17) is 4.74 Å². The van der Waals surface area contributed by atoms with E-state index in [1.54, 1.807) is 16.5 Å². The zero-order chi connectivity index (χ0) is 50.5. The van der Waals surface area contributed by atoms with E-state index in [1.165, 1.54) is 28.8 Å². The third-order valence-electron chi connectivity index (χ3n) is 14.8. The summed E-state index contributed by atoms with van der Waals surface area (Å²) >= 11 is 1.12. The number of carbonyl (C=O) groups excluding carboxylic acids is 5. The van der Waals surface area contributed by atoms with Crippen LogP contribution < -0.4 is 16.3 Å². The fourth-order valence-corrected chi connectivity index (χ4v) is 12.4. The van der Waals surface area contributed by atoms with E-state index in [1.807, 2.05) is 74.2 Å². The molecule has 71 heavy (non-hydrogen) atoms. The van der Waals surface area contributed by atoms with Crippen molar-refractivity contribution in [1.82, 2.24) is 34.5 Å². The highest BCUT2D eigenvalue weighted by molar-refractivity contribution is 7.51. The second-order valence-corrected chi connectivity index (χ2v) is 23.4. The summed E-state index contributed by atoms with van der Waals surface area (Å²) in [5.41, 5.74) is 2.03. The Labute approximate surface area is 414 Å². The second kappa shape index (κ2) is 20.2. The fraction of sp³-hybridized carbons (Fsp3) is 0.490. The molecule has 17 nitrogen and oxygen atoms in total. The van der Waals surface area contributed by atoms with E-state index in [0.717, 1.165) is 54.8 Å². The van der Waals surface area contributed by atoms with Crippen LogP contribution in [-0.4, -0.2) is 115 Å². The lowest BCUT2D eigenvalue weighted by Gasteiger charge is -2.40. The summed E-state index contributed by atoms with van der Waals surface area (Å²) in [6.45, 7) is 9.23. The van der Waals surface area contributed by atoms with Crippen LogP contribution in [0.15, 0.2) is 77.6 Å². The lowest BCUT2D eigenvalue weighted by molar-refractivity contribution is -0.152. The predicted octanol–water partition coefficient (Wildman–Crippen LogP) is 5.94. The van der Waals surface area contributed by atoms with Crippen LogP contribution in [0.4, 0.5) is 4.39 Å². The van der Waals surface area contributed by atoms with Crippen LogP contribution in [0.1, 0.15) is 104 Å². The molecule has 4 N–H and O–H groups in total. The lowest BCUT2D eigenvalue weighted by Crippen LogP contribution is -2.59. The molecular formula is C51H61FN7O10PS. The van der Waals surface area contributed by atoms with Gasteiger partial charge in [0, 0.05) is 37.8 Å². The molecule has 0 radical (unpaired) electrons. The van der Waals surface area contributed by atoms with E-state index in [2.05, 4.69) is 15.5 Å². The van der Waals surface area contributed by atoms with Crippen LogP contribution in [0.2, 0.25) is 0 Å². The normalized spacial score (nSPS) is 22.7. The van der Waals surface area contributed by atoms with Gasteiger partial charge in [-0.25, -0.2) is 9.18 Å². The number of fused-ring (bicyclic) bond motifs is 2. The van der Waals surface area contributed by atoms with E-state index < -0.39 is 48.9 Å². The van der Waals surface area contributed by atoms with E-state index in [9.17, 15) is 37.9 Å². The molecule has 2 aromatic heterocycles. The van der Waals surface area contributed by atoms with Gasteiger partial charge in [-0.3, -0.25) is 47.9 Å². The number of alkyl halides is 1. The maximum atomic E-state index is 15.1. The lowest BCUT2D eigenvalue weighted by atomic mass is 9.82. The Morgan fingerprint density at radius 2 is 1.68 bits per heavy atom. The van der Waals surface area contributed by atoms with Gasteiger partial charge in [0.05, 0.1) is 29.1 Å². The Kier molecular flexibility index (Phi) is 14.3. The number of thiophene rings is 1. The first-order valence-corrected chi connectivity index (χ1v) is 26.8. The number of ether oxygens (including phenoxy) is 1. The fourth-order valence-electron chi connectivity index (χ4n) is 10.9. The molecule has 6 heterocycles. The zero-order valence-electron chi connectivity index (χ0n) is 40.3. The molecule has 4 aliphatic rings. The van der Waals surface area contributed by atoms with Crippen molar-refractivity contribution in [2.45, 2.75) is 96.0 Å². The quantitative estimate of drug-likeness (QED) is 0.0848. The Morgan fingerprint density at radius 1 is 0.930 bits per heavy atom. The number of imidazole rings is 1. The predicted molar refractivity (Wildman–Crippen MR) is 265 cm³/mol. The number of halogens is 1.